The van der Waals surface area contributed by atoms with Crippen LogP contribution in [-0.4, -0.2) is 48.7 Å². The fourth-order valence-electron chi connectivity index (χ4n) is 1.74. The van der Waals surface area contributed by atoms with Crippen LogP contribution in [0.2, 0.25) is 0 Å². The molecule has 0 aliphatic carbocycles. The fourth-order valence-corrected chi connectivity index (χ4v) is 1.74. The summed E-state index contributed by atoms with van der Waals surface area (Å²) in [5.74, 6) is 1.39. The minimum absolute atomic E-state index is 0.216. The molecule has 3 N–H and O–H groups in total. The van der Waals surface area contributed by atoms with Gasteiger partial charge in [-0.05, 0) is 20.5 Å². The average Bonchev–Trinajstić information content (AvgIpc) is 2.33. The van der Waals surface area contributed by atoms with Gasteiger partial charge in [-0.25, -0.2) is 0 Å². The van der Waals surface area contributed by atoms with Gasteiger partial charge in [0.25, 0.3) is 0 Å². The number of hydrogen-bond acceptors (Lipinski definition) is 6. The summed E-state index contributed by atoms with van der Waals surface area (Å²) in [4.78, 5) is 10.3. The number of hydrogen-bond donors (Lipinski definition) is 2. The van der Waals surface area contributed by atoms with E-state index < -0.39 is 0 Å². The van der Waals surface area contributed by atoms with Crippen LogP contribution in [0.5, 0.6) is 5.88 Å². The van der Waals surface area contributed by atoms with Gasteiger partial charge >= 0.3 is 0 Å². The van der Waals surface area contributed by atoms with Gasteiger partial charge in [-0.1, -0.05) is 13.3 Å². The molecule has 1 aromatic rings. The van der Waals surface area contributed by atoms with Crippen LogP contribution in [0, 0.1) is 0 Å². The van der Waals surface area contributed by atoms with Gasteiger partial charge in [0.05, 0.1) is 7.11 Å². The monoisotopic (exact) mass is 253 g/mol. The molecule has 0 fully saturated rings. The van der Waals surface area contributed by atoms with Crippen molar-refractivity contribution in [3.8, 4) is 5.88 Å². The van der Waals surface area contributed by atoms with E-state index in [4.69, 9.17) is 10.5 Å². The van der Waals surface area contributed by atoms with E-state index in [0.29, 0.717) is 17.7 Å². The summed E-state index contributed by atoms with van der Waals surface area (Å²) >= 11 is 0. The van der Waals surface area contributed by atoms with E-state index in [2.05, 4.69) is 41.2 Å². The number of methoxy groups -OCH3 is 1. The minimum atomic E-state index is 0.216. The minimum Gasteiger partial charge on any atom is -0.481 e. The van der Waals surface area contributed by atoms with Crippen molar-refractivity contribution in [2.45, 2.75) is 25.8 Å². The van der Waals surface area contributed by atoms with Gasteiger partial charge in [-0.2, -0.15) is 9.97 Å². The van der Waals surface area contributed by atoms with E-state index in [0.717, 1.165) is 19.4 Å². The lowest BCUT2D eigenvalue weighted by Gasteiger charge is -2.24. The molecule has 0 aliphatic heterocycles. The van der Waals surface area contributed by atoms with Crippen molar-refractivity contribution in [1.82, 2.24) is 14.9 Å². The van der Waals surface area contributed by atoms with Crippen LogP contribution in [0.1, 0.15) is 19.8 Å². The molecule has 0 radical (unpaired) electrons. The molecule has 1 heterocycles. The van der Waals surface area contributed by atoms with Crippen molar-refractivity contribution in [2.24, 2.45) is 0 Å². The van der Waals surface area contributed by atoms with Crippen LogP contribution < -0.4 is 15.8 Å². The molecule has 0 saturated heterocycles. The number of aromatic nitrogens is 2. The number of nitrogens with one attached hydrogen (secondary N) is 1. The van der Waals surface area contributed by atoms with Gasteiger partial charge in [-0.3, -0.25) is 0 Å². The summed E-state index contributed by atoms with van der Waals surface area (Å²) in [6.07, 6.45) is 2.29. The Morgan fingerprint density at radius 3 is 2.72 bits per heavy atom. The molecule has 18 heavy (non-hydrogen) atoms. The lowest BCUT2D eigenvalue weighted by molar-refractivity contribution is 0.288. The van der Waals surface area contributed by atoms with E-state index in [1.807, 2.05) is 0 Å². The maximum Gasteiger partial charge on any atom is 0.225 e. The highest BCUT2D eigenvalue weighted by Crippen LogP contribution is 2.14. The molecule has 1 rings (SSSR count). The lowest BCUT2D eigenvalue weighted by atomic mass is 10.1. The third-order valence-corrected chi connectivity index (χ3v) is 2.80. The van der Waals surface area contributed by atoms with Gasteiger partial charge in [0.1, 0.15) is 5.82 Å². The van der Waals surface area contributed by atoms with Crippen molar-refractivity contribution in [3.63, 3.8) is 0 Å². The van der Waals surface area contributed by atoms with Crippen molar-refractivity contribution < 1.29 is 4.74 Å². The highest BCUT2D eigenvalue weighted by atomic mass is 16.5. The summed E-state index contributed by atoms with van der Waals surface area (Å²) in [5.41, 5.74) is 5.61. The number of rotatable bonds is 7. The van der Waals surface area contributed by atoms with Crippen LogP contribution in [-0.2, 0) is 0 Å². The molecule has 0 bridgehead atoms. The lowest BCUT2D eigenvalue weighted by Crippen LogP contribution is -2.34. The standard InChI is InChI=1S/C12H23N5O/c1-5-6-9(17(2)3)8-14-10-7-11(18-4)16-12(13)15-10/h7,9H,5-6,8H2,1-4H3,(H3,13,14,15,16)/t9-/m1/s1. The maximum absolute atomic E-state index is 5.61. The van der Waals surface area contributed by atoms with Crippen molar-refractivity contribution in [2.75, 3.05) is 38.8 Å². The Hall–Kier alpha value is -1.56. The maximum atomic E-state index is 5.61. The third-order valence-electron chi connectivity index (χ3n) is 2.80. The van der Waals surface area contributed by atoms with Crippen LogP contribution in [0.4, 0.5) is 11.8 Å². The number of anilines is 2. The summed E-state index contributed by atoms with van der Waals surface area (Å²) in [7, 11) is 5.72. The van der Waals surface area contributed by atoms with Crippen molar-refractivity contribution in [1.29, 1.82) is 0 Å². The largest absolute Gasteiger partial charge is 0.481 e. The van der Waals surface area contributed by atoms with Crippen molar-refractivity contribution >= 4 is 11.8 Å². The average molecular weight is 253 g/mol. The Morgan fingerprint density at radius 1 is 1.44 bits per heavy atom. The fraction of sp³-hybridized carbons (Fsp3) is 0.667. The second-order valence-corrected chi connectivity index (χ2v) is 4.44. The topological polar surface area (TPSA) is 76.3 Å². The Labute approximate surface area is 109 Å². The van der Waals surface area contributed by atoms with E-state index in [9.17, 15) is 0 Å². The van der Waals surface area contributed by atoms with Gasteiger partial charge in [0, 0.05) is 18.7 Å². The van der Waals surface area contributed by atoms with Crippen LogP contribution in [0.15, 0.2) is 6.07 Å². The zero-order valence-electron chi connectivity index (χ0n) is 11.6. The zero-order valence-corrected chi connectivity index (χ0v) is 11.6. The van der Waals surface area contributed by atoms with Gasteiger partial charge in [0.2, 0.25) is 11.8 Å². The Kier molecular flexibility index (Phi) is 5.64. The molecule has 6 nitrogen and oxygen atoms in total. The van der Waals surface area contributed by atoms with Gasteiger partial charge in [0.15, 0.2) is 0 Å². The van der Waals surface area contributed by atoms with Crippen LogP contribution in [0.25, 0.3) is 0 Å². The van der Waals surface area contributed by atoms with Gasteiger partial charge in [-0.15, -0.1) is 0 Å². The first-order valence-electron chi connectivity index (χ1n) is 6.15. The molecular formula is C12H23N5O. The SMILES string of the molecule is CCC[C@H](CNc1cc(OC)nc(N)n1)N(C)C. The summed E-state index contributed by atoms with van der Waals surface area (Å²) in [6, 6.07) is 2.21. The number of nitrogens with zero attached hydrogens (tertiary/aromatic N) is 3. The zero-order chi connectivity index (χ0) is 13.5. The third kappa shape index (κ3) is 4.37. The normalized spacial score (nSPS) is 12.5. The Bertz CT molecular complexity index is 369. The second-order valence-electron chi connectivity index (χ2n) is 4.44. The molecule has 0 amide bonds. The van der Waals surface area contributed by atoms with E-state index in [1.165, 1.54) is 0 Å². The second kappa shape index (κ2) is 7.00. The summed E-state index contributed by atoms with van der Waals surface area (Å²) < 4.78 is 5.06. The predicted molar refractivity (Wildman–Crippen MR) is 73.9 cm³/mol. The highest BCUT2D eigenvalue weighted by Gasteiger charge is 2.10. The smallest absolute Gasteiger partial charge is 0.225 e. The molecule has 0 saturated carbocycles. The van der Waals surface area contributed by atoms with Crippen molar-refractivity contribution in [3.05, 3.63) is 6.07 Å². The van der Waals surface area contributed by atoms with E-state index in [-0.39, 0.29) is 5.95 Å². The highest BCUT2D eigenvalue weighted by molar-refractivity contribution is 5.42. The number of ether oxygens (including phenoxy) is 1. The predicted octanol–water partition coefficient (Wildman–Crippen LogP) is 1.21. The molecule has 1 aromatic heterocycles. The van der Waals surface area contributed by atoms with Gasteiger partial charge < -0.3 is 20.7 Å². The molecular weight excluding hydrogens is 230 g/mol. The number of nitrogens with two attached hydrogens (primary N) is 1. The quantitative estimate of drug-likeness (QED) is 0.760. The molecule has 0 unspecified atom stereocenters. The molecule has 0 spiro atoms. The molecule has 1 atom stereocenters. The van der Waals surface area contributed by atoms with E-state index >= 15 is 0 Å². The summed E-state index contributed by atoms with van der Waals surface area (Å²) in [5, 5.41) is 3.27. The Morgan fingerprint density at radius 2 is 2.17 bits per heavy atom. The van der Waals surface area contributed by atoms with E-state index in [1.54, 1.807) is 13.2 Å². The number of nitrogen functional groups attached to an aromatic ring is 1. The van der Waals surface area contributed by atoms with Crippen LogP contribution in [0.3, 0.4) is 0 Å². The molecule has 6 heteroatoms. The molecule has 0 aliphatic rings. The molecule has 102 valence electrons. The molecule has 0 aromatic carbocycles. The number of likely N-dealkylation sites (N-methyl/N-ethyl adjacent to an activating group) is 1. The Balaban J connectivity index is 2.63. The van der Waals surface area contributed by atoms with Crippen LogP contribution >= 0.6 is 0 Å². The first-order valence-corrected chi connectivity index (χ1v) is 6.15. The summed E-state index contributed by atoms with van der Waals surface area (Å²) in [6.45, 7) is 3.00. The first-order chi connectivity index (χ1) is 8.56. The first kappa shape index (κ1) is 14.5.